The third kappa shape index (κ3) is 6.85. The molecule has 0 saturated heterocycles. The Morgan fingerprint density at radius 2 is 2.00 bits per heavy atom. The topological polar surface area (TPSA) is 67.8 Å². The van der Waals surface area contributed by atoms with Gasteiger partial charge in [-0.2, -0.15) is 0 Å². The van der Waals surface area contributed by atoms with E-state index in [0.717, 1.165) is 36.0 Å². The zero-order valence-corrected chi connectivity index (χ0v) is 19.6. The highest BCUT2D eigenvalue weighted by Gasteiger charge is 2.14. The highest BCUT2D eigenvalue weighted by Crippen LogP contribution is 2.29. The molecule has 0 saturated carbocycles. The summed E-state index contributed by atoms with van der Waals surface area (Å²) in [6.07, 6.45) is 4.59. The SMILES string of the molecule is CCNC(=NCCc1ccncc1C)NC(C)c1cc(OC)ccc1OC.I. The number of aliphatic imine (C=N–C) groups is 1. The van der Waals surface area contributed by atoms with E-state index in [0.29, 0.717) is 6.54 Å². The minimum Gasteiger partial charge on any atom is -0.497 e. The lowest BCUT2D eigenvalue weighted by molar-refractivity contribution is 0.394. The zero-order chi connectivity index (χ0) is 19.6. The van der Waals surface area contributed by atoms with Gasteiger partial charge in [0.15, 0.2) is 5.96 Å². The monoisotopic (exact) mass is 498 g/mol. The Morgan fingerprint density at radius 1 is 1.21 bits per heavy atom. The molecule has 0 bridgehead atoms. The number of guanidine groups is 1. The van der Waals surface area contributed by atoms with Crippen LogP contribution < -0.4 is 20.1 Å². The summed E-state index contributed by atoms with van der Waals surface area (Å²) in [5, 5.41) is 6.76. The lowest BCUT2D eigenvalue weighted by atomic mass is 10.1. The van der Waals surface area contributed by atoms with Crippen LogP contribution in [0.3, 0.4) is 0 Å². The number of ether oxygens (including phenoxy) is 2. The van der Waals surface area contributed by atoms with E-state index >= 15 is 0 Å². The number of nitrogens with zero attached hydrogens (tertiary/aromatic N) is 2. The standard InChI is InChI=1S/C21H30N4O2.HI/c1-6-23-21(24-12-10-17-9-11-22-14-15(17)2)25-16(3)19-13-18(26-4)7-8-20(19)27-5;/h7-9,11,13-14,16H,6,10,12H2,1-5H3,(H2,23,24,25);1H. The fraction of sp³-hybridized carbons (Fsp3) is 0.429. The number of aryl methyl sites for hydroxylation is 1. The van der Waals surface area contributed by atoms with Gasteiger partial charge in [-0.1, -0.05) is 0 Å². The highest BCUT2D eigenvalue weighted by atomic mass is 127. The summed E-state index contributed by atoms with van der Waals surface area (Å²) in [6.45, 7) is 7.70. The molecule has 1 aromatic carbocycles. The van der Waals surface area contributed by atoms with Gasteiger partial charge in [0.2, 0.25) is 0 Å². The van der Waals surface area contributed by atoms with Crippen LogP contribution >= 0.6 is 24.0 Å². The molecule has 7 heteroatoms. The van der Waals surface area contributed by atoms with E-state index in [9.17, 15) is 0 Å². The van der Waals surface area contributed by atoms with Crippen molar-refractivity contribution < 1.29 is 9.47 Å². The molecule has 1 heterocycles. The highest BCUT2D eigenvalue weighted by molar-refractivity contribution is 14.0. The first-order chi connectivity index (χ1) is 13.1. The van der Waals surface area contributed by atoms with Crippen LogP contribution in [0.1, 0.15) is 36.6 Å². The average Bonchev–Trinajstić information content (AvgIpc) is 2.69. The quantitative estimate of drug-likeness (QED) is 0.329. The molecule has 2 aromatic rings. The van der Waals surface area contributed by atoms with Crippen LogP contribution in [0.15, 0.2) is 41.7 Å². The Morgan fingerprint density at radius 3 is 2.64 bits per heavy atom. The van der Waals surface area contributed by atoms with E-state index in [1.807, 2.05) is 30.6 Å². The van der Waals surface area contributed by atoms with Gasteiger partial charge in [0.25, 0.3) is 0 Å². The van der Waals surface area contributed by atoms with Crippen molar-refractivity contribution in [2.45, 2.75) is 33.2 Å². The molecule has 0 aliphatic rings. The van der Waals surface area contributed by atoms with Crippen molar-refractivity contribution >= 4 is 29.9 Å². The summed E-state index contributed by atoms with van der Waals surface area (Å²) < 4.78 is 10.8. The van der Waals surface area contributed by atoms with Gasteiger partial charge in [-0.15, -0.1) is 24.0 Å². The van der Waals surface area contributed by atoms with E-state index in [-0.39, 0.29) is 30.0 Å². The third-order valence-corrected chi connectivity index (χ3v) is 4.39. The number of benzene rings is 1. The van der Waals surface area contributed by atoms with E-state index in [4.69, 9.17) is 14.5 Å². The van der Waals surface area contributed by atoms with Crippen LogP contribution in [0.5, 0.6) is 11.5 Å². The van der Waals surface area contributed by atoms with Crippen molar-refractivity contribution in [1.82, 2.24) is 15.6 Å². The molecular weight excluding hydrogens is 467 g/mol. The van der Waals surface area contributed by atoms with Crippen LogP contribution in [-0.2, 0) is 6.42 Å². The minimum absolute atomic E-state index is 0. The van der Waals surface area contributed by atoms with Gasteiger partial charge >= 0.3 is 0 Å². The largest absolute Gasteiger partial charge is 0.497 e. The van der Waals surface area contributed by atoms with Gasteiger partial charge < -0.3 is 20.1 Å². The normalized spacial score (nSPS) is 12.0. The van der Waals surface area contributed by atoms with Crippen LogP contribution in [-0.4, -0.2) is 38.3 Å². The summed E-state index contributed by atoms with van der Waals surface area (Å²) in [7, 11) is 3.34. The molecular formula is C21H31IN4O2. The number of halogens is 1. The molecule has 1 aromatic heterocycles. The number of nitrogens with one attached hydrogen (secondary N) is 2. The van der Waals surface area contributed by atoms with Crippen LogP contribution in [0.4, 0.5) is 0 Å². The molecule has 154 valence electrons. The van der Waals surface area contributed by atoms with E-state index in [2.05, 4.69) is 42.5 Å². The zero-order valence-electron chi connectivity index (χ0n) is 17.3. The summed E-state index contributed by atoms with van der Waals surface area (Å²) in [4.78, 5) is 8.85. The lowest BCUT2D eigenvalue weighted by Gasteiger charge is -2.21. The smallest absolute Gasteiger partial charge is 0.191 e. The Balaban J connectivity index is 0.00000392. The lowest BCUT2D eigenvalue weighted by Crippen LogP contribution is -2.39. The van der Waals surface area contributed by atoms with Gasteiger partial charge in [-0.25, -0.2) is 0 Å². The number of methoxy groups -OCH3 is 2. The summed E-state index contributed by atoms with van der Waals surface area (Å²) >= 11 is 0. The van der Waals surface area contributed by atoms with Crippen molar-refractivity contribution in [3.63, 3.8) is 0 Å². The van der Waals surface area contributed by atoms with Crippen molar-refractivity contribution in [1.29, 1.82) is 0 Å². The average molecular weight is 498 g/mol. The van der Waals surface area contributed by atoms with Crippen molar-refractivity contribution in [3.8, 4) is 11.5 Å². The first-order valence-electron chi connectivity index (χ1n) is 9.25. The molecule has 1 unspecified atom stereocenters. The molecule has 0 spiro atoms. The number of hydrogen-bond donors (Lipinski definition) is 2. The van der Waals surface area contributed by atoms with Crippen LogP contribution in [0, 0.1) is 6.92 Å². The third-order valence-electron chi connectivity index (χ3n) is 4.39. The van der Waals surface area contributed by atoms with E-state index in [1.54, 1.807) is 14.2 Å². The Kier molecular flexibility index (Phi) is 10.7. The maximum absolute atomic E-state index is 5.50. The predicted octanol–water partition coefficient (Wildman–Crippen LogP) is 3.88. The summed E-state index contributed by atoms with van der Waals surface area (Å²) in [5.74, 6) is 2.40. The molecule has 2 rings (SSSR count). The first kappa shape index (κ1) is 24.0. The number of aromatic nitrogens is 1. The summed E-state index contributed by atoms with van der Waals surface area (Å²) in [6, 6.07) is 7.86. The molecule has 1 atom stereocenters. The number of pyridine rings is 1. The Bertz CT molecular complexity index is 768. The predicted molar refractivity (Wildman–Crippen MR) is 125 cm³/mol. The van der Waals surface area contributed by atoms with Gasteiger partial charge in [0.1, 0.15) is 11.5 Å². The maximum Gasteiger partial charge on any atom is 0.191 e. The minimum atomic E-state index is 0. The first-order valence-corrected chi connectivity index (χ1v) is 9.25. The fourth-order valence-corrected chi connectivity index (χ4v) is 2.85. The molecule has 0 aliphatic carbocycles. The van der Waals surface area contributed by atoms with Gasteiger partial charge in [-0.05, 0) is 62.6 Å². The van der Waals surface area contributed by atoms with Crippen molar-refractivity contribution in [2.75, 3.05) is 27.3 Å². The Hall–Kier alpha value is -2.03. The second-order valence-corrected chi connectivity index (χ2v) is 6.29. The van der Waals surface area contributed by atoms with Crippen molar-refractivity contribution in [2.24, 2.45) is 4.99 Å². The second kappa shape index (κ2) is 12.4. The van der Waals surface area contributed by atoms with E-state index < -0.39 is 0 Å². The molecule has 0 fully saturated rings. The molecule has 0 radical (unpaired) electrons. The fourth-order valence-electron chi connectivity index (χ4n) is 2.85. The number of rotatable bonds is 8. The molecule has 28 heavy (non-hydrogen) atoms. The second-order valence-electron chi connectivity index (χ2n) is 6.29. The summed E-state index contributed by atoms with van der Waals surface area (Å²) in [5.41, 5.74) is 3.49. The van der Waals surface area contributed by atoms with Gasteiger partial charge in [0.05, 0.1) is 20.3 Å². The van der Waals surface area contributed by atoms with Crippen LogP contribution in [0.2, 0.25) is 0 Å². The molecule has 6 nitrogen and oxygen atoms in total. The maximum atomic E-state index is 5.50. The van der Waals surface area contributed by atoms with Gasteiger partial charge in [0, 0.05) is 31.0 Å². The number of hydrogen-bond acceptors (Lipinski definition) is 4. The molecule has 0 aliphatic heterocycles. The van der Waals surface area contributed by atoms with Gasteiger partial charge in [-0.3, -0.25) is 9.98 Å². The van der Waals surface area contributed by atoms with Crippen LogP contribution in [0.25, 0.3) is 0 Å². The Labute approximate surface area is 185 Å². The van der Waals surface area contributed by atoms with E-state index in [1.165, 1.54) is 11.1 Å². The molecule has 2 N–H and O–H groups in total. The molecule has 0 amide bonds. The van der Waals surface area contributed by atoms with Crippen molar-refractivity contribution in [3.05, 3.63) is 53.3 Å².